The molecule has 21 heavy (non-hydrogen) atoms. The van der Waals surface area contributed by atoms with Gasteiger partial charge in [0.05, 0.1) is 12.2 Å². The van der Waals surface area contributed by atoms with Crippen molar-refractivity contribution in [2.75, 3.05) is 6.61 Å². The first-order valence-corrected chi connectivity index (χ1v) is 7.44. The van der Waals surface area contributed by atoms with Gasteiger partial charge in [0.15, 0.2) is 0 Å². The molecule has 1 unspecified atom stereocenters. The molecule has 0 N–H and O–H groups in total. The molecule has 0 spiro atoms. The molecular weight excluding hydrogens is 260 g/mol. The van der Waals surface area contributed by atoms with Crippen molar-refractivity contribution < 1.29 is 9.53 Å². The second-order valence-electron chi connectivity index (χ2n) is 5.56. The predicted molar refractivity (Wildman–Crippen MR) is 86.4 cm³/mol. The van der Waals surface area contributed by atoms with Crippen molar-refractivity contribution in [1.29, 1.82) is 0 Å². The number of rotatable bonds is 5. The highest BCUT2D eigenvalue weighted by Gasteiger charge is 2.09. The van der Waals surface area contributed by atoms with Crippen LogP contribution >= 0.6 is 0 Å². The fourth-order valence-electron chi connectivity index (χ4n) is 1.96. The smallest absolute Gasteiger partial charge is 0.338 e. The van der Waals surface area contributed by atoms with E-state index in [-0.39, 0.29) is 5.97 Å². The minimum absolute atomic E-state index is 0.245. The van der Waals surface area contributed by atoms with Gasteiger partial charge in [0, 0.05) is 0 Å². The van der Waals surface area contributed by atoms with Gasteiger partial charge in [-0.15, -0.1) is 0 Å². The van der Waals surface area contributed by atoms with E-state index in [0.29, 0.717) is 18.1 Å². The predicted octanol–water partition coefficient (Wildman–Crippen LogP) is 4.86. The summed E-state index contributed by atoms with van der Waals surface area (Å²) in [6.07, 6.45) is 1.01. The largest absolute Gasteiger partial charge is 0.462 e. The number of carbonyl (C=O) groups is 1. The Hall–Kier alpha value is -2.09. The summed E-state index contributed by atoms with van der Waals surface area (Å²) < 4.78 is 5.30. The van der Waals surface area contributed by atoms with Gasteiger partial charge in [-0.1, -0.05) is 62.2 Å². The topological polar surface area (TPSA) is 26.3 Å². The lowest BCUT2D eigenvalue weighted by Crippen LogP contribution is -2.11. The Morgan fingerprint density at radius 3 is 2.05 bits per heavy atom. The second kappa shape index (κ2) is 7.07. The summed E-state index contributed by atoms with van der Waals surface area (Å²) in [5.74, 6) is 0.159. The van der Waals surface area contributed by atoms with Crippen LogP contribution in [0.15, 0.2) is 48.5 Å². The van der Waals surface area contributed by atoms with Crippen molar-refractivity contribution in [2.45, 2.75) is 27.2 Å². The highest BCUT2D eigenvalue weighted by atomic mass is 16.5. The molecule has 0 heterocycles. The Balaban J connectivity index is 2.04. The van der Waals surface area contributed by atoms with E-state index in [0.717, 1.165) is 17.5 Å². The molecular formula is C19H22O2. The minimum Gasteiger partial charge on any atom is -0.462 e. The number of hydrogen-bond acceptors (Lipinski definition) is 2. The summed E-state index contributed by atoms with van der Waals surface area (Å²) >= 11 is 0. The van der Waals surface area contributed by atoms with E-state index in [1.54, 1.807) is 0 Å². The SMILES string of the molecule is CCC(C)COC(=O)c1ccc(-c2ccc(C)cc2)cc1. The van der Waals surface area contributed by atoms with E-state index in [9.17, 15) is 4.79 Å². The van der Waals surface area contributed by atoms with Crippen LogP contribution in [0.5, 0.6) is 0 Å². The number of hydrogen-bond donors (Lipinski definition) is 0. The molecule has 0 bridgehead atoms. The van der Waals surface area contributed by atoms with Crippen molar-refractivity contribution in [2.24, 2.45) is 5.92 Å². The van der Waals surface area contributed by atoms with Gasteiger partial charge in [0.1, 0.15) is 0 Å². The van der Waals surface area contributed by atoms with Crippen molar-refractivity contribution in [3.63, 3.8) is 0 Å². The van der Waals surface area contributed by atoms with Crippen LogP contribution in [0, 0.1) is 12.8 Å². The third kappa shape index (κ3) is 4.19. The summed E-state index contributed by atoms with van der Waals surface area (Å²) in [5.41, 5.74) is 4.10. The third-order valence-electron chi connectivity index (χ3n) is 3.70. The zero-order chi connectivity index (χ0) is 15.2. The van der Waals surface area contributed by atoms with Crippen LogP contribution in [0.2, 0.25) is 0 Å². The Morgan fingerprint density at radius 1 is 1.00 bits per heavy atom. The Morgan fingerprint density at radius 2 is 1.52 bits per heavy atom. The van der Waals surface area contributed by atoms with Crippen LogP contribution in [0.3, 0.4) is 0 Å². The van der Waals surface area contributed by atoms with Gasteiger partial charge in [-0.05, 0) is 36.1 Å². The molecule has 0 saturated heterocycles. The van der Waals surface area contributed by atoms with E-state index < -0.39 is 0 Å². The fraction of sp³-hybridized carbons (Fsp3) is 0.316. The molecule has 2 aromatic rings. The Bertz CT molecular complexity index is 582. The van der Waals surface area contributed by atoms with Gasteiger partial charge < -0.3 is 4.74 Å². The second-order valence-corrected chi connectivity index (χ2v) is 5.56. The highest BCUT2D eigenvalue weighted by Crippen LogP contribution is 2.20. The van der Waals surface area contributed by atoms with Gasteiger partial charge in [-0.3, -0.25) is 0 Å². The van der Waals surface area contributed by atoms with Gasteiger partial charge in [0.25, 0.3) is 0 Å². The average molecular weight is 282 g/mol. The Kier molecular flexibility index (Phi) is 5.15. The summed E-state index contributed by atoms with van der Waals surface area (Å²) in [5, 5.41) is 0. The van der Waals surface area contributed by atoms with Gasteiger partial charge in [-0.25, -0.2) is 4.79 Å². The average Bonchev–Trinajstić information content (AvgIpc) is 2.53. The zero-order valence-electron chi connectivity index (χ0n) is 12.9. The maximum atomic E-state index is 11.9. The van der Waals surface area contributed by atoms with Crippen LogP contribution < -0.4 is 0 Å². The molecule has 0 fully saturated rings. The normalized spacial score (nSPS) is 12.0. The highest BCUT2D eigenvalue weighted by molar-refractivity contribution is 5.90. The van der Waals surface area contributed by atoms with E-state index >= 15 is 0 Å². The fourth-order valence-corrected chi connectivity index (χ4v) is 1.96. The first-order chi connectivity index (χ1) is 10.1. The van der Waals surface area contributed by atoms with Crippen LogP contribution in [0.1, 0.15) is 36.2 Å². The molecule has 0 amide bonds. The zero-order valence-corrected chi connectivity index (χ0v) is 12.9. The lowest BCUT2D eigenvalue weighted by molar-refractivity contribution is 0.0447. The number of carbonyl (C=O) groups excluding carboxylic acids is 1. The molecule has 2 rings (SSSR count). The van der Waals surface area contributed by atoms with E-state index in [1.807, 2.05) is 24.3 Å². The molecule has 2 heteroatoms. The first-order valence-electron chi connectivity index (χ1n) is 7.44. The van der Waals surface area contributed by atoms with Crippen LogP contribution in [0.25, 0.3) is 11.1 Å². The minimum atomic E-state index is -0.245. The number of ether oxygens (including phenoxy) is 1. The first kappa shape index (κ1) is 15.3. The standard InChI is InChI=1S/C19H22O2/c1-4-14(2)13-21-19(20)18-11-9-17(10-12-18)16-7-5-15(3)6-8-16/h5-12,14H,4,13H2,1-3H3. The lowest BCUT2D eigenvalue weighted by Gasteiger charge is -2.10. The molecule has 0 radical (unpaired) electrons. The van der Waals surface area contributed by atoms with Gasteiger partial charge >= 0.3 is 5.97 Å². The monoisotopic (exact) mass is 282 g/mol. The number of aryl methyl sites for hydroxylation is 1. The van der Waals surface area contributed by atoms with E-state index in [4.69, 9.17) is 4.74 Å². The molecule has 0 aliphatic heterocycles. The lowest BCUT2D eigenvalue weighted by atomic mass is 10.0. The van der Waals surface area contributed by atoms with Crippen molar-refractivity contribution in [1.82, 2.24) is 0 Å². The quantitative estimate of drug-likeness (QED) is 0.732. The van der Waals surface area contributed by atoms with Crippen LogP contribution in [-0.4, -0.2) is 12.6 Å². The van der Waals surface area contributed by atoms with Gasteiger partial charge in [0.2, 0.25) is 0 Å². The summed E-state index contributed by atoms with van der Waals surface area (Å²) in [6.45, 7) is 6.72. The molecule has 0 aliphatic rings. The third-order valence-corrected chi connectivity index (χ3v) is 3.70. The molecule has 0 aromatic heterocycles. The van der Waals surface area contributed by atoms with Crippen LogP contribution in [0.4, 0.5) is 0 Å². The molecule has 2 aromatic carbocycles. The Labute approximate surface area is 126 Å². The summed E-state index contributed by atoms with van der Waals surface area (Å²) in [4.78, 5) is 11.9. The maximum absolute atomic E-state index is 11.9. The van der Waals surface area contributed by atoms with E-state index in [2.05, 4.69) is 45.0 Å². The van der Waals surface area contributed by atoms with Crippen LogP contribution in [-0.2, 0) is 4.74 Å². The molecule has 110 valence electrons. The number of esters is 1. The molecule has 0 saturated carbocycles. The van der Waals surface area contributed by atoms with Crippen molar-refractivity contribution >= 4 is 5.97 Å². The van der Waals surface area contributed by atoms with Gasteiger partial charge in [-0.2, -0.15) is 0 Å². The molecule has 1 atom stereocenters. The molecule has 0 aliphatic carbocycles. The summed E-state index contributed by atoms with van der Waals surface area (Å²) in [7, 11) is 0. The van der Waals surface area contributed by atoms with Crippen molar-refractivity contribution in [3.8, 4) is 11.1 Å². The van der Waals surface area contributed by atoms with E-state index in [1.165, 1.54) is 5.56 Å². The maximum Gasteiger partial charge on any atom is 0.338 e. The van der Waals surface area contributed by atoms with Crippen molar-refractivity contribution in [3.05, 3.63) is 59.7 Å². The summed E-state index contributed by atoms with van der Waals surface area (Å²) in [6, 6.07) is 15.9. The molecule has 2 nitrogen and oxygen atoms in total. The number of benzene rings is 2.